The van der Waals surface area contributed by atoms with Gasteiger partial charge in [0, 0.05) is 18.4 Å². The van der Waals surface area contributed by atoms with Gasteiger partial charge in [-0.2, -0.15) is 0 Å². The van der Waals surface area contributed by atoms with Crippen molar-refractivity contribution in [2.24, 2.45) is 0 Å². The van der Waals surface area contributed by atoms with E-state index in [9.17, 15) is 4.79 Å². The lowest BCUT2D eigenvalue weighted by Crippen LogP contribution is -2.27. The Morgan fingerprint density at radius 1 is 1.19 bits per heavy atom. The molecule has 1 amide bonds. The van der Waals surface area contributed by atoms with Crippen molar-refractivity contribution in [1.29, 1.82) is 0 Å². The number of aryl methyl sites for hydroxylation is 1. The minimum atomic E-state index is -0.00625. The predicted molar refractivity (Wildman–Crippen MR) is 85.6 cm³/mol. The van der Waals surface area contributed by atoms with Gasteiger partial charge in [0.2, 0.25) is 5.91 Å². The van der Waals surface area contributed by atoms with E-state index >= 15 is 0 Å². The first kappa shape index (κ1) is 14.9. The molecule has 0 aromatic heterocycles. The van der Waals surface area contributed by atoms with Crippen LogP contribution in [0.2, 0.25) is 0 Å². The molecular formula is C17H20N2O2. The summed E-state index contributed by atoms with van der Waals surface area (Å²) >= 11 is 0. The fourth-order valence-electron chi connectivity index (χ4n) is 2.01. The molecule has 0 aliphatic rings. The van der Waals surface area contributed by atoms with Crippen LogP contribution >= 0.6 is 0 Å². The summed E-state index contributed by atoms with van der Waals surface area (Å²) < 4.78 is 5.60. The minimum Gasteiger partial charge on any atom is -0.493 e. The van der Waals surface area contributed by atoms with Crippen molar-refractivity contribution >= 4 is 17.3 Å². The van der Waals surface area contributed by atoms with E-state index in [0.717, 1.165) is 17.0 Å². The molecule has 0 fully saturated rings. The van der Waals surface area contributed by atoms with Crippen LogP contribution in [-0.4, -0.2) is 19.6 Å². The van der Waals surface area contributed by atoms with Crippen molar-refractivity contribution in [2.45, 2.75) is 13.3 Å². The average Bonchev–Trinajstić information content (AvgIpc) is 2.46. The second-order valence-electron chi connectivity index (χ2n) is 4.96. The highest BCUT2D eigenvalue weighted by atomic mass is 16.5. The Morgan fingerprint density at radius 2 is 1.95 bits per heavy atom. The highest BCUT2D eigenvalue weighted by Gasteiger charge is 2.11. The summed E-state index contributed by atoms with van der Waals surface area (Å²) in [6.45, 7) is 2.36. The number of carbonyl (C=O) groups is 1. The standard InChI is InChI=1S/C17H20N2O2/c1-13-5-3-8-16(11-13)21-10-9-17(20)19(2)15-7-4-6-14(18)12-15/h3-8,11-12H,9-10,18H2,1-2H3. The van der Waals surface area contributed by atoms with Gasteiger partial charge in [0.1, 0.15) is 5.75 Å². The third-order valence-electron chi connectivity index (χ3n) is 3.21. The highest BCUT2D eigenvalue weighted by molar-refractivity contribution is 5.93. The van der Waals surface area contributed by atoms with E-state index in [2.05, 4.69) is 0 Å². The topological polar surface area (TPSA) is 55.6 Å². The Labute approximate surface area is 125 Å². The normalized spacial score (nSPS) is 10.2. The number of hydrogen-bond acceptors (Lipinski definition) is 3. The molecule has 4 heteroatoms. The molecule has 0 aliphatic carbocycles. The summed E-state index contributed by atoms with van der Waals surface area (Å²) in [6, 6.07) is 15.0. The fraction of sp³-hybridized carbons (Fsp3) is 0.235. The fourth-order valence-corrected chi connectivity index (χ4v) is 2.01. The number of benzene rings is 2. The lowest BCUT2D eigenvalue weighted by atomic mass is 10.2. The molecule has 0 unspecified atom stereocenters. The maximum Gasteiger partial charge on any atom is 0.230 e. The zero-order valence-corrected chi connectivity index (χ0v) is 12.4. The predicted octanol–water partition coefficient (Wildman–Crippen LogP) is 3.01. The van der Waals surface area contributed by atoms with E-state index in [1.807, 2.05) is 43.3 Å². The average molecular weight is 284 g/mol. The molecule has 2 aromatic rings. The van der Waals surface area contributed by atoms with Crippen LogP contribution in [0, 0.1) is 6.92 Å². The van der Waals surface area contributed by atoms with Gasteiger partial charge in [-0.15, -0.1) is 0 Å². The third kappa shape index (κ3) is 4.24. The van der Waals surface area contributed by atoms with Gasteiger partial charge in [-0.05, 0) is 42.8 Å². The van der Waals surface area contributed by atoms with E-state index in [-0.39, 0.29) is 5.91 Å². The van der Waals surface area contributed by atoms with Crippen LogP contribution < -0.4 is 15.4 Å². The molecule has 0 aliphatic heterocycles. The van der Waals surface area contributed by atoms with Crippen molar-refractivity contribution in [1.82, 2.24) is 0 Å². The van der Waals surface area contributed by atoms with E-state index in [1.54, 1.807) is 24.1 Å². The van der Waals surface area contributed by atoms with Crippen LogP contribution in [0.4, 0.5) is 11.4 Å². The van der Waals surface area contributed by atoms with Gasteiger partial charge < -0.3 is 15.4 Å². The van der Waals surface area contributed by atoms with Gasteiger partial charge in [0.15, 0.2) is 0 Å². The maximum atomic E-state index is 12.1. The highest BCUT2D eigenvalue weighted by Crippen LogP contribution is 2.17. The largest absolute Gasteiger partial charge is 0.493 e. The lowest BCUT2D eigenvalue weighted by Gasteiger charge is -2.18. The molecule has 4 nitrogen and oxygen atoms in total. The van der Waals surface area contributed by atoms with E-state index in [4.69, 9.17) is 10.5 Å². The summed E-state index contributed by atoms with van der Waals surface area (Å²) in [5.41, 5.74) is 8.29. The Bertz CT molecular complexity index is 626. The summed E-state index contributed by atoms with van der Waals surface area (Å²) in [6.07, 6.45) is 0.319. The first-order valence-electron chi connectivity index (χ1n) is 6.88. The Morgan fingerprint density at radius 3 is 2.67 bits per heavy atom. The van der Waals surface area contributed by atoms with Crippen molar-refractivity contribution < 1.29 is 9.53 Å². The van der Waals surface area contributed by atoms with Gasteiger partial charge in [-0.25, -0.2) is 0 Å². The first-order valence-corrected chi connectivity index (χ1v) is 6.88. The molecule has 0 spiro atoms. The maximum absolute atomic E-state index is 12.1. The molecule has 0 bridgehead atoms. The number of rotatable bonds is 5. The molecule has 0 saturated heterocycles. The second kappa shape index (κ2) is 6.79. The SMILES string of the molecule is Cc1cccc(OCCC(=O)N(C)c2cccc(N)c2)c1. The molecule has 2 N–H and O–H groups in total. The van der Waals surface area contributed by atoms with Gasteiger partial charge in [0.25, 0.3) is 0 Å². The van der Waals surface area contributed by atoms with Gasteiger partial charge in [-0.1, -0.05) is 18.2 Å². The van der Waals surface area contributed by atoms with E-state index in [1.165, 1.54) is 0 Å². The molecule has 0 saturated carbocycles. The van der Waals surface area contributed by atoms with Crippen LogP contribution in [0.25, 0.3) is 0 Å². The van der Waals surface area contributed by atoms with Crippen molar-refractivity contribution in [3.63, 3.8) is 0 Å². The van der Waals surface area contributed by atoms with E-state index < -0.39 is 0 Å². The number of nitrogen functional groups attached to an aromatic ring is 1. The number of carbonyl (C=O) groups excluding carboxylic acids is 1. The Balaban J connectivity index is 1.87. The number of nitrogens with zero attached hydrogens (tertiary/aromatic N) is 1. The number of amides is 1. The van der Waals surface area contributed by atoms with Crippen LogP contribution in [0.5, 0.6) is 5.75 Å². The number of hydrogen-bond donors (Lipinski definition) is 1. The molecule has 2 aromatic carbocycles. The summed E-state index contributed by atoms with van der Waals surface area (Å²) in [5, 5.41) is 0. The first-order chi connectivity index (χ1) is 10.1. The molecular weight excluding hydrogens is 264 g/mol. The molecule has 21 heavy (non-hydrogen) atoms. The monoisotopic (exact) mass is 284 g/mol. The molecule has 110 valence electrons. The Hall–Kier alpha value is -2.49. The smallest absolute Gasteiger partial charge is 0.230 e. The Kier molecular flexibility index (Phi) is 4.82. The van der Waals surface area contributed by atoms with Gasteiger partial charge in [0.05, 0.1) is 13.0 Å². The van der Waals surface area contributed by atoms with Gasteiger partial charge >= 0.3 is 0 Å². The van der Waals surface area contributed by atoms with Gasteiger partial charge in [-0.3, -0.25) is 4.79 Å². The lowest BCUT2D eigenvalue weighted by molar-refractivity contribution is -0.118. The quantitative estimate of drug-likeness (QED) is 0.859. The summed E-state index contributed by atoms with van der Waals surface area (Å²) in [4.78, 5) is 13.7. The second-order valence-corrected chi connectivity index (χ2v) is 4.96. The molecule has 0 radical (unpaired) electrons. The zero-order chi connectivity index (χ0) is 15.2. The van der Waals surface area contributed by atoms with Crippen molar-refractivity contribution in [2.75, 3.05) is 24.3 Å². The molecule has 0 heterocycles. The number of ether oxygens (including phenoxy) is 1. The van der Waals surface area contributed by atoms with Crippen molar-refractivity contribution in [3.8, 4) is 5.75 Å². The molecule has 2 rings (SSSR count). The number of nitrogens with two attached hydrogens (primary N) is 1. The van der Waals surface area contributed by atoms with E-state index in [0.29, 0.717) is 18.7 Å². The minimum absolute atomic E-state index is 0.00625. The third-order valence-corrected chi connectivity index (χ3v) is 3.21. The van der Waals surface area contributed by atoms with Crippen LogP contribution in [0.1, 0.15) is 12.0 Å². The molecule has 0 atom stereocenters. The van der Waals surface area contributed by atoms with Crippen LogP contribution in [-0.2, 0) is 4.79 Å². The van der Waals surface area contributed by atoms with Crippen molar-refractivity contribution in [3.05, 3.63) is 54.1 Å². The van der Waals surface area contributed by atoms with Crippen LogP contribution in [0.15, 0.2) is 48.5 Å². The number of anilines is 2. The summed E-state index contributed by atoms with van der Waals surface area (Å²) in [7, 11) is 1.74. The summed E-state index contributed by atoms with van der Waals surface area (Å²) in [5.74, 6) is 0.780. The van der Waals surface area contributed by atoms with Crippen LogP contribution in [0.3, 0.4) is 0 Å². The zero-order valence-electron chi connectivity index (χ0n) is 12.4.